The van der Waals surface area contributed by atoms with E-state index in [0.717, 1.165) is 5.57 Å². The summed E-state index contributed by atoms with van der Waals surface area (Å²) in [5.41, 5.74) is 1.83. The van der Waals surface area contributed by atoms with Gasteiger partial charge in [0.1, 0.15) is 12.4 Å². The van der Waals surface area contributed by atoms with Gasteiger partial charge in [0.15, 0.2) is 0 Å². The maximum atomic E-state index is 14.4. The van der Waals surface area contributed by atoms with Crippen LogP contribution >= 0.6 is 0 Å². The van der Waals surface area contributed by atoms with Gasteiger partial charge >= 0.3 is 0 Å². The third-order valence-electron chi connectivity index (χ3n) is 3.60. The van der Waals surface area contributed by atoms with E-state index in [1.54, 1.807) is 11.0 Å². The number of likely N-dealkylation sites (N-methyl/N-ethyl adjacent to an activating group) is 1. The molecule has 0 saturated heterocycles. The number of hydrogen-bond donors (Lipinski definition) is 0. The van der Waals surface area contributed by atoms with Gasteiger partial charge in [0, 0.05) is 58.5 Å². The Hall–Kier alpha value is -1.04. The first-order chi connectivity index (χ1) is 11.0. The van der Waals surface area contributed by atoms with Crippen molar-refractivity contribution in [3.05, 3.63) is 59.3 Å². The molecule has 2 rings (SSSR count). The summed E-state index contributed by atoms with van der Waals surface area (Å²) in [5, 5.41) is 0. The molecule has 0 unspecified atom stereocenters. The molecule has 0 aliphatic carbocycles. The Labute approximate surface area is 166 Å². The fourth-order valence-electron chi connectivity index (χ4n) is 2.34. The molecule has 0 bridgehead atoms. The van der Waals surface area contributed by atoms with Crippen molar-refractivity contribution in [1.82, 2.24) is 4.90 Å². The van der Waals surface area contributed by atoms with Crippen molar-refractivity contribution in [1.29, 1.82) is 0 Å². The minimum Gasteiger partial charge on any atom is -0.491 e. The minimum atomic E-state index is -0.695. The predicted molar refractivity (Wildman–Crippen MR) is 85.7 cm³/mol. The Morgan fingerprint density at radius 3 is 2.38 bits per heavy atom. The van der Waals surface area contributed by atoms with Crippen molar-refractivity contribution >= 4 is 5.70 Å². The van der Waals surface area contributed by atoms with Crippen LogP contribution in [0.25, 0.3) is 5.70 Å². The van der Waals surface area contributed by atoms with Crippen LogP contribution in [0.4, 0.5) is 8.78 Å². The van der Waals surface area contributed by atoms with Crippen LogP contribution in [0.2, 0.25) is 0 Å². The zero-order chi connectivity index (χ0) is 17.0. The van der Waals surface area contributed by atoms with Crippen molar-refractivity contribution in [2.24, 2.45) is 0 Å². The van der Waals surface area contributed by atoms with Crippen LogP contribution < -0.4 is 4.74 Å². The second-order valence-electron chi connectivity index (χ2n) is 5.11. The molecule has 1 aromatic carbocycles. The quantitative estimate of drug-likeness (QED) is 0.525. The van der Waals surface area contributed by atoms with Crippen molar-refractivity contribution in [2.75, 3.05) is 26.9 Å². The fourth-order valence-corrected chi connectivity index (χ4v) is 2.34. The van der Waals surface area contributed by atoms with Gasteiger partial charge in [-0.1, -0.05) is 19.2 Å². The van der Waals surface area contributed by atoms with E-state index in [1.807, 2.05) is 13.8 Å². The third-order valence-corrected chi connectivity index (χ3v) is 3.60. The summed E-state index contributed by atoms with van der Waals surface area (Å²) in [7, 11) is 1.53. The van der Waals surface area contributed by atoms with Gasteiger partial charge in [-0.2, -0.15) is 12.2 Å². The molecule has 0 spiro atoms. The summed E-state index contributed by atoms with van der Waals surface area (Å²) in [6.45, 7) is 8.85. The maximum Gasteiger partial charge on any atom is 0.123 e. The van der Waals surface area contributed by atoms with E-state index in [0.29, 0.717) is 24.5 Å². The van der Waals surface area contributed by atoms with Crippen LogP contribution in [0.1, 0.15) is 19.4 Å². The van der Waals surface area contributed by atoms with Gasteiger partial charge in [-0.25, -0.2) is 8.78 Å². The van der Waals surface area contributed by atoms with E-state index in [4.69, 9.17) is 9.47 Å². The van der Waals surface area contributed by atoms with Crippen molar-refractivity contribution in [3.8, 4) is 5.75 Å². The van der Waals surface area contributed by atoms with Gasteiger partial charge in [0.05, 0.1) is 18.2 Å². The number of benzene rings is 1. The van der Waals surface area contributed by atoms with E-state index in [2.05, 4.69) is 12.7 Å². The standard InChI is InChI=1S/C18H20F2NO2.Y/c1-5-21-13(3)12(2)6-7-17(21)18-15(19)10-14(11-16(18)20)23-9-8-22-4;/h6,10-11H,3,5,8-9H2,1-2,4H3;/q-1;. The Balaban J connectivity index is 0.00000288. The molecule has 1 aromatic rings. The van der Waals surface area contributed by atoms with Crippen molar-refractivity contribution in [2.45, 2.75) is 13.8 Å². The van der Waals surface area contributed by atoms with Gasteiger partial charge in [0.2, 0.25) is 0 Å². The fraction of sp³-hybridized carbons (Fsp3) is 0.333. The van der Waals surface area contributed by atoms with Crippen LogP contribution in [-0.4, -0.2) is 31.8 Å². The third kappa shape index (κ3) is 4.53. The molecule has 0 N–H and O–H groups in total. The molecule has 1 radical (unpaired) electrons. The summed E-state index contributed by atoms with van der Waals surface area (Å²) in [6, 6.07) is 2.34. The molecule has 0 atom stereocenters. The molecular weight excluding hydrogens is 389 g/mol. The van der Waals surface area contributed by atoms with Crippen LogP contribution in [0.3, 0.4) is 0 Å². The Morgan fingerprint density at radius 2 is 1.83 bits per heavy atom. The first-order valence-electron chi connectivity index (χ1n) is 7.37. The van der Waals surface area contributed by atoms with Gasteiger partial charge in [-0.3, -0.25) is 0 Å². The molecule has 1 aliphatic heterocycles. The van der Waals surface area contributed by atoms with E-state index < -0.39 is 11.6 Å². The van der Waals surface area contributed by atoms with Gasteiger partial charge in [-0.05, 0) is 18.2 Å². The average Bonchev–Trinajstić information content (AvgIpc) is 2.50. The number of halogens is 2. The van der Waals surface area contributed by atoms with Crippen molar-refractivity contribution < 1.29 is 51.0 Å². The number of ether oxygens (including phenoxy) is 2. The van der Waals surface area contributed by atoms with Crippen LogP contribution in [0.15, 0.2) is 36.1 Å². The first-order valence-corrected chi connectivity index (χ1v) is 7.37. The van der Waals surface area contributed by atoms with Crippen molar-refractivity contribution in [3.63, 3.8) is 0 Å². The molecule has 0 aromatic heterocycles. The SMILES string of the molecule is C=C1C(C)=C[C-]=C(c2c(F)cc(OCCOC)cc2F)N1CC.[Y]. The van der Waals surface area contributed by atoms with E-state index in [1.165, 1.54) is 19.2 Å². The second-order valence-corrected chi connectivity index (χ2v) is 5.11. The maximum absolute atomic E-state index is 14.4. The number of methoxy groups -OCH3 is 1. The predicted octanol–water partition coefficient (Wildman–Crippen LogP) is 3.93. The molecule has 6 heteroatoms. The van der Waals surface area contributed by atoms with Crippen LogP contribution in [-0.2, 0) is 37.4 Å². The zero-order valence-electron chi connectivity index (χ0n) is 14.2. The molecule has 0 amide bonds. The Kier molecular flexibility index (Phi) is 8.27. The average molecular weight is 409 g/mol. The smallest absolute Gasteiger partial charge is 0.123 e. The second kappa shape index (κ2) is 9.45. The molecule has 0 fully saturated rings. The molecular formula is C18H20F2NO2Y-. The summed E-state index contributed by atoms with van der Waals surface area (Å²) in [4.78, 5) is 1.74. The molecule has 127 valence electrons. The Bertz CT molecular complexity index is 648. The summed E-state index contributed by atoms with van der Waals surface area (Å²) < 4.78 is 39.0. The molecule has 3 nitrogen and oxygen atoms in total. The topological polar surface area (TPSA) is 21.7 Å². The first kappa shape index (κ1) is 21.0. The number of rotatable bonds is 6. The molecule has 1 aliphatic rings. The van der Waals surface area contributed by atoms with Gasteiger partial charge in [-0.15, -0.1) is 5.57 Å². The zero-order valence-corrected chi connectivity index (χ0v) is 17.0. The number of nitrogens with zero attached hydrogens (tertiary/aromatic N) is 1. The molecule has 1 heterocycles. The molecule has 24 heavy (non-hydrogen) atoms. The van der Waals surface area contributed by atoms with Crippen LogP contribution in [0, 0.1) is 17.7 Å². The Morgan fingerprint density at radius 1 is 1.21 bits per heavy atom. The van der Waals surface area contributed by atoms with Gasteiger partial charge in [0.25, 0.3) is 0 Å². The monoisotopic (exact) mass is 409 g/mol. The summed E-state index contributed by atoms with van der Waals surface area (Å²) >= 11 is 0. The summed E-state index contributed by atoms with van der Waals surface area (Å²) in [6.07, 6.45) is 4.64. The van der Waals surface area contributed by atoms with E-state index >= 15 is 0 Å². The molecule has 0 saturated carbocycles. The largest absolute Gasteiger partial charge is 0.491 e. The summed E-state index contributed by atoms with van der Waals surface area (Å²) in [5.74, 6) is -1.26. The van der Waals surface area contributed by atoms with Crippen LogP contribution in [0.5, 0.6) is 5.75 Å². The van der Waals surface area contributed by atoms with E-state index in [9.17, 15) is 8.78 Å². The normalized spacial score (nSPS) is 14.0. The van der Waals surface area contributed by atoms with E-state index in [-0.39, 0.29) is 50.6 Å². The minimum absolute atomic E-state index is 0. The van der Waals surface area contributed by atoms with Gasteiger partial charge < -0.3 is 14.4 Å². The number of hydrogen-bond acceptors (Lipinski definition) is 3. The number of allylic oxidation sites excluding steroid dienone is 3.